The molecule has 0 aromatic heterocycles. The van der Waals surface area contributed by atoms with Crippen LogP contribution in [0.3, 0.4) is 0 Å². The van der Waals surface area contributed by atoms with Crippen LogP contribution in [0.5, 0.6) is 0 Å². The molecule has 0 nitrogen and oxygen atoms in total. The van der Waals surface area contributed by atoms with E-state index in [0.717, 1.165) is 11.1 Å². The number of rotatable bonds is 0. The number of halogens is 2. The SMILES string of the molecule is C.C.Cc1ccc(C)c(F)c1.Cc1ccc(C)c(F)c1.Cc1ccc(C)cc1. The van der Waals surface area contributed by atoms with Crippen LogP contribution in [0, 0.1) is 53.2 Å². The van der Waals surface area contributed by atoms with E-state index in [1.54, 1.807) is 26.0 Å². The molecule has 3 rings (SSSR count). The van der Waals surface area contributed by atoms with Crippen molar-refractivity contribution in [3.63, 3.8) is 0 Å². The van der Waals surface area contributed by atoms with Crippen molar-refractivity contribution in [2.75, 3.05) is 0 Å². The van der Waals surface area contributed by atoms with Crippen molar-refractivity contribution in [3.8, 4) is 0 Å². The van der Waals surface area contributed by atoms with Gasteiger partial charge in [-0.3, -0.25) is 0 Å². The van der Waals surface area contributed by atoms with E-state index in [2.05, 4.69) is 38.1 Å². The fraction of sp³-hybridized carbons (Fsp3) is 0.308. The normalized spacial score (nSPS) is 8.86. The maximum atomic E-state index is 12.6. The highest BCUT2D eigenvalue weighted by Gasteiger charge is 1.94. The van der Waals surface area contributed by atoms with Crippen LogP contribution in [0.25, 0.3) is 0 Å². The van der Waals surface area contributed by atoms with Gasteiger partial charge < -0.3 is 0 Å². The Balaban J connectivity index is 0. The Labute approximate surface area is 171 Å². The summed E-state index contributed by atoms with van der Waals surface area (Å²) in [5, 5.41) is 0. The van der Waals surface area contributed by atoms with Crippen LogP contribution in [0.1, 0.15) is 48.2 Å². The predicted molar refractivity (Wildman–Crippen MR) is 121 cm³/mol. The molecule has 154 valence electrons. The zero-order chi connectivity index (χ0) is 19.7. The summed E-state index contributed by atoms with van der Waals surface area (Å²) < 4.78 is 25.2. The topological polar surface area (TPSA) is 0 Å². The fourth-order valence-electron chi connectivity index (χ4n) is 2.03. The summed E-state index contributed by atoms with van der Waals surface area (Å²) in [5.41, 5.74) is 6.02. The highest BCUT2D eigenvalue weighted by molar-refractivity contribution is 5.22. The number of benzene rings is 3. The third-order valence-electron chi connectivity index (χ3n) is 3.87. The van der Waals surface area contributed by atoms with Crippen molar-refractivity contribution in [2.45, 2.75) is 56.4 Å². The van der Waals surface area contributed by atoms with Crippen molar-refractivity contribution in [2.24, 2.45) is 0 Å². The summed E-state index contributed by atoms with van der Waals surface area (Å²) in [5.74, 6) is -0.231. The van der Waals surface area contributed by atoms with Gasteiger partial charge in [-0.15, -0.1) is 0 Å². The van der Waals surface area contributed by atoms with Crippen LogP contribution in [0.15, 0.2) is 60.7 Å². The molecule has 3 aromatic rings. The number of hydrogen-bond donors (Lipinski definition) is 0. The lowest BCUT2D eigenvalue weighted by Gasteiger charge is -1.94. The van der Waals surface area contributed by atoms with Gasteiger partial charge in [0.25, 0.3) is 0 Å². The Kier molecular flexibility index (Phi) is 13.5. The van der Waals surface area contributed by atoms with Crippen LogP contribution in [0.2, 0.25) is 0 Å². The molecule has 0 spiro atoms. The highest BCUT2D eigenvalue weighted by Crippen LogP contribution is 2.07. The van der Waals surface area contributed by atoms with Gasteiger partial charge in [0.1, 0.15) is 11.6 Å². The molecule has 0 atom stereocenters. The highest BCUT2D eigenvalue weighted by atomic mass is 19.1. The van der Waals surface area contributed by atoms with Crippen LogP contribution in [0.4, 0.5) is 8.78 Å². The molecule has 0 bridgehead atoms. The first-order valence-corrected chi connectivity index (χ1v) is 8.68. The molecule has 2 heteroatoms. The Bertz CT molecular complexity index is 748. The van der Waals surface area contributed by atoms with Gasteiger partial charge in [0.05, 0.1) is 0 Å². The molecule has 0 aliphatic carbocycles. The second kappa shape index (κ2) is 13.7. The molecule has 0 N–H and O–H groups in total. The molecule has 0 unspecified atom stereocenters. The predicted octanol–water partition coefficient (Wildman–Crippen LogP) is 8.46. The average Bonchev–Trinajstić information content (AvgIpc) is 2.59. The summed E-state index contributed by atoms with van der Waals surface area (Å²) in [6.45, 7) is 11.5. The molecule has 0 saturated carbocycles. The number of hydrogen-bond acceptors (Lipinski definition) is 0. The van der Waals surface area contributed by atoms with E-state index in [1.165, 1.54) is 23.3 Å². The standard InChI is InChI=1S/2C8H9F.C8H10.2CH4/c2*1-6-3-4-7(2)8(9)5-6;1-7-3-5-8(2)6-4-7;;/h2*3-5H,1-2H3;3-6H,1-2H3;2*1H4. The van der Waals surface area contributed by atoms with Crippen LogP contribution < -0.4 is 0 Å². The summed E-state index contributed by atoms with van der Waals surface area (Å²) >= 11 is 0. The summed E-state index contributed by atoms with van der Waals surface area (Å²) in [7, 11) is 0. The third kappa shape index (κ3) is 10.6. The van der Waals surface area contributed by atoms with E-state index in [4.69, 9.17) is 0 Å². The molecule has 0 amide bonds. The van der Waals surface area contributed by atoms with Gasteiger partial charge in [-0.05, 0) is 75.9 Å². The van der Waals surface area contributed by atoms with Gasteiger partial charge in [-0.2, -0.15) is 0 Å². The van der Waals surface area contributed by atoms with Gasteiger partial charge in [0.15, 0.2) is 0 Å². The largest absolute Gasteiger partial charge is 0.207 e. The maximum absolute atomic E-state index is 12.6. The molecule has 0 aliphatic heterocycles. The van der Waals surface area contributed by atoms with Gasteiger partial charge >= 0.3 is 0 Å². The first kappa shape index (κ1) is 27.7. The third-order valence-corrected chi connectivity index (χ3v) is 3.87. The van der Waals surface area contributed by atoms with Gasteiger partial charge in [0.2, 0.25) is 0 Å². The fourth-order valence-corrected chi connectivity index (χ4v) is 2.03. The Hall–Kier alpha value is -2.48. The molecule has 0 saturated heterocycles. The quantitative estimate of drug-likeness (QED) is 0.363. The van der Waals surface area contributed by atoms with E-state index < -0.39 is 0 Å². The summed E-state index contributed by atoms with van der Waals surface area (Å²) in [6, 6.07) is 18.9. The minimum absolute atomic E-state index is 0. The zero-order valence-electron chi connectivity index (χ0n) is 16.5. The van der Waals surface area contributed by atoms with Crippen molar-refractivity contribution < 1.29 is 8.78 Å². The molecular weight excluding hydrogens is 350 g/mol. The minimum atomic E-state index is -0.116. The second-order valence-corrected chi connectivity index (χ2v) is 6.66. The smallest absolute Gasteiger partial charge is 0.126 e. The lowest BCUT2D eigenvalue weighted by Crippen LogP contribution is -1.81. The van der Waals surface area contributed by atoms with Crippen molar-refractivity contribution in [1.82, 2.24) is 0 Å². The average molecular weight is 387 g/mol. The molecule has 0 fully saturated rings. The first-order chi connectivity index (χ1) is 12.2. The monoisotopic (exact) mass is 386 g/mol. The van der Waals surface area contributed by atoms with E-state index >= 15 is 0 Å². The molecule has 0 radical (unpaired) electrons. The van der Waals surface area contributed by atoms with Crippen molar-refractivity contribution >= 4 is 0 Å². The minimum Gasteiger partial charge on any atom is -0.207 e. The Morgan fingerprint density at radius 2 is 0.679 bits per heavy atom. The summed E-state index contributed by atoms with van der Waals surface area (Å²) in [4.78, 5) is 0. The lowest BCUT2D eigenvalue weighted by atomic mass is 10.2. The number of aryl methyl sites for hydroxylation is 6. The van der Waals surface area contributed by atoms with E-state index in [1.807, 2.05) is 26.0 Å². The zero-order valence-corrected chi connectivity index (χ0v) is 16.5. The Morgan fingerprint density at radius 1 is 0.429 bits per heavy atom. The Morgan fingerprint density at radius 3 is 0.893 bits per heavy atom. The lowest BCUT2D eigenvalue weighted by molar-refractivity contribution is 0.617. The van der Waals surface area contributed by atoms with Gasteiger partial charge in [0, 0.05) is 0 Å². The molecule has 0 aliphatic rings. The molecular formula is C26H36F2. The maximum Gasteiger partial charge on any atom is 0.126 e. The van der Waals surface area contributed by atoms with Crippen molar-refractivity contribution in [3.05, 3.63) is 106 Å². The second-order valence-electron chi connectivity index (χ2n) is 6.66. The molecule has 3 aromatic carbocycles. The van der Waals surface area contributed by atoms with Crippen LogP contribution in [-0.4, -0.2) is 0 Å². The van der Waals surface area contributed by atoms with E-state index in [0.29, 0.717) is 11.1 Å². The van der Waals surface area contributed by atoms with E-state index in [9.17, 15) is 8.78 Å². The van der Waals surface area contributed by atoms with Crippen LogP contribution in [-0.2, 0) is 0 Å². The van der Waals surface area contributed by atoms with E-state index in [-0.39, 0.29) is 26.5 Å². The summed E-state index contributed by atoms with van der Waals surface area (Å²) in [6.07, 6.45) is 0. The molecule has 28 heavy (non-hydrogen) atoms. The molecule has 0 heterocycles. The first-order valence-electron chi connectivity index (χ1n) is 8.68. The van der Waals surface area contributed by atoms with Crippen LogP contribution >= 0.6 is 0 Å². The van der Waals surface area contributed by atoms with Gasteiger partial charge in [-0.25, -0.2) is 8.78 Å². The van der Waals surface area contributed by atoms with Crippen molar-refractivity contribution in [1.29, 1.82) is 0 Å². The van der Waals surface area contributed by atoms with Gasteiger partial charge in [-0.1, -0.05) is 74.5 Å².